The fourth-order valence-electron chi connectivity index (χ4n) is 4.43. The van der Waals surface area contributed by atoms with Crippen LogP contribution in [0.3, 0.4) is 0 Å². The Balaban J connectivity index is 1.35. The van der Waals surface area contributed by atoms with Gasteiger partial charge in [-0.25, -0.2) is 9.59 Å². The number of carbonyl (C=O) groups excluding carboxylic acids is 3. The molecule has 162 valence electrons. The minimum atomic E-state index is -0.372. The number of piperidine rings is 2. The Morgan fingerprint density at radius 3 is 2.60 bits per heavy atom. The average Bonchev–Trinajstić information content (AvgIpc) is 3.20. The van der Waals surface area contributed by atoms with Gasteiger partial charge in [0.2, 0.25) is 5.91 Å². The van der Waals surface area contributed by atoms with Crippen LogP contribution in [0.1, 0.15) is 32.6 Å². The molecule has 0 saturated carbocycles. The van der Waals surface area contributed by atoms with Crippen molar-refractivity contribution in [1.29, 1.82) is 0 Å². The highest BCUT2D eigenvalue weighted by Crippen LogP contribution is 2.25. The molecule has 0 spiro atoms. The summed E-state index contributed by atoms with van der Waals surface area (Å²) >= 11 is 0. The van der Waals surface area contributed by atoms with Gasteiger partial charge >= 0.3 is 12.1 Å². The maximum absolute atomic E-state index is 12.9. The lowest BCUT2D eigenvalue weighted by Gasteiger charge is -2.37. The van der Waals surface area contributed by atoms with Crippen molar-refractivity contribution in [2.75, 3.05) is 49.5 Å². The van der Waals surface area contributed by atoms with Gasteiger partial charge in [-0.2, -0.15) is 0 Å². The third kappa shape index (κ3) is 4.52. The lowest BCUT2D eigenvalue weighted by molar-refractivity contribution is -0.138. The van der Waals surface area contributed by atoms with E-state index in [9.17, 15) is 14.4 Å². The predicted octanol–water partition coefficient (Wildman–Crippen LogP) is 3.15. The maximum atomic E-state index is 12.9. The maximum Gasteiger partial charge on any atom is 0.414 e. The van der Waals surface area contributed by atoms with Crippen molar-refractivity contribution in [3.63, 3.8) is 0 Å². The summed E-state index contributed by atoms with van der Waals surface area (Å²) in [7, 11) is 0. The van der Waals surface area contributed by atoms with E-state index < -0.39 is 0 Å². The van der Waals surface area contributed by atoms with Gasteiger partial charge in [0.15, 0.2) is 0 Å². The molecule has 4 amide bonds. The van der Waals surface area contributed by atoms with Gasteiger partial charge in [0, 0.05) is 37.6 Å². The van der Waals surface area contributed by atoms with E-state index >= 15 is 0 Å². The average molecular weight is 415 g/mol. The third-order valence-corrected chi connectivity index (χ3v) is 6.32. The van der Waals surface area contributed by atoms with Crippen LogP contribution < -0.4 is 10.2 Å². The largest absolute Gasteiger partial charge is 0.447 e. The summed E-state index contributed by atoms with van der Waals surface area (Å²) in [6, 6.07) is 6.98. The highest BCUT2D eigenvalue weighted by Gasteiger charge is 2.32. The topological polar surface area (TPSA) is 82.2 Å². The normalized spacial score (nSPS) is 22.8. The van der Waals surface area contributed by atoms with Crippen LogP contribution in [0.5, 0.6) is 0 Å². The van der Waals surface area contributed by atoms with Crippen molar-refractivity contribution >= 4 is 29.4 Å². The number of ether oxygens (including phenoxy) is 1. The van der Waals surface area contributed by atoms with Gasteiger partial charge in [0.05, 0.1) is 12.5 Å². The SMILES string of the molecule is CC1CCN(C(=O)C2CCCN(C(=O)Nc3cccc(N4CCOC4=O)c3)C2)CC1. The van der Waals surface area contributed by atoms with Crippen molar-refractivity contribution in [2.45, 2.75) is 32.6 Å². The summed E-state index contributed by atoms with van der Waals surface area (Å²) in [5, 5.41) is 2.92. The molecule has 0 radical (unpaired) electrons. The smallest absolute Gasteiger partial charge is 0.414 e. The molecule has 8 heteroatoms. The molecule has 0 aliphatic carbocycles. The number of nitrogens with zero attached hydrogens (tertiary/aromatic N) is 3. The van der Waals surface area contributed by atoms with E-state index in [1.807, 2.05) is 11.0 Å². The molecule has 3 saturated heterocycles. The van der Waals surface area contributed by atoms with Crippen molar-refractivity contribution in [1.82, 2.24) is 9.80 Å². The third-order valence-electron chi connectivity index (χ3n) is 6.32. The Hall–Kier alpha value is -2.77. The first-order valence-electron chi connectivity index (χ1n) is 10.9. The zero-order valence-electron chi connectivity index (χ0n) is 17.5. The van der Waals surface area contributed by atoms with E-state index in [-0.39, 0.29) is 23.9 Å². The summed E-state index contributed by atoms with van der Waals surface area (Å²) in [4.78, 5) is 42.8. The van der Waals surface area contributed by atoms with Crippen LogP contribution in [0.4, 0.5) is 21.0 Å². The predicted molar refractivity (Wildman–Crippen MR) is 113 cm³/mol. The van der Waals surface area contributed by atoms with Crippen LogP contribution in [0, 0.1) is 11.8 Å². The number of hydrogen-bond donors (Lipinski definition) is 1. The molecule has 3 fully saturated rings. The highest BCUT2D eigenvalue weighted by molar-refractivity contribution is 5.93. The van der Waals surface area contributed by atoms with Gasteiger partial charge < -0.3 is 19.9 Å². The van der Waals surface area contributed by atoms with E-state index in [2.05, 4.69) is 12.2 Å². The lowest BCUT2D eigenvalue weighted by atomic mass is 9.93. The van der Waals surface area contributed by atoms with Crippen LogP contribution in [-0.2, 0) is 9.53 Å². The second kappa shape index (κ2) is 8.93. The number of cyclic esters (lactones) is 1. The molecule has 1 N–H and O–H groups in total. The molecule has 0 aromatic heterocycles. The van der Waals surface area contributed by atoms with Crippen molar-refractivity contribution in [2.24, 2.45) is 11.8 Å². The first-order chi connectivity index (χ1) is 14.5. The van der Waals surface area contributed by atoms with Crippen molar-refractivity contribution in [3.8, 4) is 0 Å². The molecule has 3 aliphatic heterocycles. The molecule has 1 aromatic rings. The molecule has 8 nitrogen and oxygen atoms in total. The molecule has 1 aromatic carbocycles. The highest BCUT2D eigenvalue weighted by atomic mass is 16.6. The first kappa shape index (κ1) is 20.5. The Morgan fingerprint density at radius 1 is 1.07 bits per heavy atom. The Bertz CT molecular complexity index is 806. The van der Waals surface area contributed by atoms with Gasteiger partial charge in [0.1, 0.15) is 6.61 Å². The van der Waals surface area contributed by atoms with Crippen molar-refractivity contribution in [3.05, 3.63) is 24.3 Å². The molecule has 0 bridgehead atoms. The molecular formula is C22H30N4O4. The van der Waals surface area contributed by atoms with Gasteiger partial charge in [-0.05, 0) is 49.8 Å². The number of carbonyl (C=O) groups is 3. The number of nitrogens with one attached hydrogen (secondary N) is 1. The van der Waals surface area contributed by atoms with Gasteiger partial charge in [0.25, 0.3) is 0 Å². The van der Waals surface area contributed by atoms with E-state index in [0.717, 1.165) is 38.8 Å². The molecule has 3 aliphatic rings. The number of benzene rings is 1. The summed E-state index contributed by atoms with van der Waals surface area (Å²) < 4.78 is 4.98. The molecule has 1 atom stereocenters. The first-order valence-corrected chi connectivity index (χ1v) is 10.9. The summed E-state index contributed by atoms with van der Waals surface area (Å²) in [6.45, 7) is 5.86. The fourth-order valence-corrected chi connectivity index (χ4v) is 4.43. The minimum absolute atomic E-state index is 0.122. The van der Waals surface area contributed by atoms with Gasteiger partial charge in [-0.3, -0.25) is 9.69 Å². The van der Waals surface area contributed by atoms with E-state index in [1.54, 1.807) is 28.0 Å². The molecular weight excluding hydrogens is 384 g/mol. The molecule has 30 heavy (non-hydrogen) atoms. The van der Waals surface area contributed by atoms with Crippen molar-refractivity contribution < 1.29 is 19.1 Å². The minimum Gasteiger partial charge on any atom is -0.447 e. The second-order valence-electron chi connectivity index (χ2n) is 8.54. The standard InChI is InChI=1S/C22H30N4O4/c1-16-7-10-24(11-8-16)20(27)17-4-3-9-25(15-17)21(28)23-18-5-2-6-19(14-18)26-12-13-30-22(26)29/h2,5-6,14,16-17H,3-4,7-13,15H2,1H3,(H,23,28). The summed E-state index contributed by atoms with van der Waals surface area (Å²) in [5.74, 6) is 0.749. The van der Waals surface area contributed by atoms with Crippen LogP contribution >= 0.6 is 0 Å². The van der Waals surface area contributed by atoms with Crippen LogP contribution in [0.2, 0.25) is 0 Å². The molecule has 1 unspecified atom stereocenters. The van der Waals surface area contributed by atoms with Crippen LogP contribution in [0.15, 0.2) is 24.3 Å². The Morgan fingerprint density at radius 2 is 1.87 bits per heavy atom. The number of likely N-dealkylation sites (tertiary alicyclic amines) is 2. The zero-order valence-corrected chi connectivity index (χ0v) is 17.5. The monoisotopic (exact) mass is 414 g/mol. The number of rotatable bonds is 3. The number of hydrogen-bond acceptors (Lipinski definition) is 4. The molecule has 4 rings (SSSR count). The second-order valence-corrected chi connectivity index (χ2v) is 8.54. The van der Waals surface area contributed by atoms with E-state index in [0.29, 0.717) is 43.5 Å². The van der Waals surface area contributed by atoms with E-state index in [1.165, 1.54) is 0 Å². The Labute approximate surface area is 177 Å². The van der Waals surface area contributed by atoms with Crippen LogP contribution in [-0.4, -0.2) is 67.2 Å². The van der Waals surface area contributed by atoms with Gasteiger partial charge in [-0.1, -0.05) is 13.0 Å². The Kier molecular flexibility index (Phi) is 6.11. The fraction of sp³-hybridized carbons (Fsp3) is 0.591. The number of urea groups is 1. The quantitative estimate of drug-likeness (QED) is 0.824. The van der Waals surface area contributed by atoms with Crippen LogP contribution in [0.25, 0.3) is 0 Å². The number of amides is 4. The number of anilines is 2. The zero-order chi connectivity index (χ0) is 21.1. The molecule has 3 heterocycles. The van der Waals surface area contributed by atoms with Gasteiger partial charge in [-0.15, -0.1) is 0 Å². The summed E-state index contributed by atoms with van der Waals surface area (Å²) in [5.41, 5.74) is 1.32. The lowest BCUT2D eigenvalue weighted by Crippen LogP contribution is -2.49. The summed E-state index contributed by atoms with van der Waals surface area (Å²) in [6.07, 6.45) is 3.41. The van der Waals surface area contributed by atoms with E-state index in [4.69, 9.17) is 4.74 Å².